The van der Waals surface area contributed by atoms with Crippen molar-refractivity contribution in [2.75, 3.05) is 10.6 Å². The Labute approximate surface area is 219 Å². The van der Waals surface area contributed by atoms with E-state index in [2.05, 4.69) is 41.6 Å². The van der Waals surface area contributed by atoms with Gasteiger partial charge in [0.15, 0.2) is 12.1 Å². The number of halogens is 1. The molecule has 0 aliphatic heterocycles. The molecule has 0 saturated heterocycles. The molecule has 5 rings (SSSR count). The first-order valence-corrected chi connectivity index (χ1v) is 12.2. The zero-order valence-electron chi connectivity index (χ0n) is 19.9. The van der Waals surface area contributed by atoms with Crippen molar-refractivity contribution < 1.29 is 18.7 Å². The number of anilines is 2. The van der Waals surface area contributed by atoms with Crippen molar-refractivity contribution in [3.63, 3.8) is 0 Å². The van der Waals surface area contributed by atoms with Gasteiger partial charge in [0.2, 0.25) is 0 Å². The summed E-state index contributed by atoms with van der Waals surface area (Å²) in [5.74, 6) is -0.0879. The molecule has 0 fully saturated rings. The number of aromatic nitrogens is 5. The molecule has 13 heteroatoms. The van der Waals surface area contributed by atoms with Gasteiger partial charge in [-0.3, -0.25) is 9.78 Å². The van der Waals surface area contributed by atoms with Gasteiger partial charge in [-0.2, -0.15) is 5.21 Å². The Morgan fingerprint density at radius 1 is 1.11 bits per heavy atom. The number of benzene rings is 2. The zero-order chi connectivity index (χ0) is 26.5. The van der Waals surface area contributed by atoms with Crippen molar-refractivity contribution in [1.82, 2.24) is 30.9 Å². The van der Waals surface area contributed by atoms with Crippen LogP contribution in [0.1, 0.15) is 21.1 Å². The lowest BCUT2D eigenvalue weighted by molar-refractivity contribution is 0.0830. The summed E-state index contributed by atoms with van der Waals surface area (Å²) >= 11 is 1.32. The lowest BCUT2D eigenvalue weighted by atomic mass is 10.2. The third-order valence-electron chi connectivity index (χ3n) is 5.32. The molecule has 3 aromatic heterocycles. The van der Waals surface area contributed by atoms with Gasteiger partial charge in [0.1, 0.15) is 11.6 Å². The third-order valence-corrected chi connectivity index (χ3v) is 6.41. The second kappa shape index (κ2) is 11.0. The van der Waals surface area contributed by atoms with Gasteiger partial charge in [0, 0.05) is 11.9 Å². The maximum Gasteiger partial charge on any atom is 0.323 e. The molecule has 3 amide bonds. The highest BCUT2D eigenvalue weighted by Gasteiger charge is 2.20. The van der Waals surface area contributed by atoms with Crippen LogP contribution < -0.4 is 20.7 Å². The van der Waals surface area contributed by atoms with E-state index >= 15 is 0 Å². The number of ether oxygens (including phenoxy) is 1. The first-order chi connectivity index (χ1) is 18.4. The number of amides is 3. The van der Waals surface area contributed by atoms with Gasteiger partial charge >= 0.3 is 6.03 Å². The van der Waals surface area contributed by atoms with E-state index < -0.39 is 18.1 Å². The van der Waals surface area contributed by atoms with Crippen molar-refractivity contribution in [2.24, 2.45) is 0 Å². The number of carbonyl (C=O) groups excluding carboxylic acids is 2. The van der Waals surface area contributed by atoms with Crippen LogP contribution in [0.5, 0.6) is 5.75 Å². The van der Waals surface area contributed by atoms with E-state index in [4.69, 9.17) is 4.74 Å². The average Bonchev–Trinajstić information content (AvgIpc) is 3.57. The number of pyridine rings is 1. The Bertz CT molecular complexity index is 1540. The molecule has 0 bridgehead atoms. The van der Waals surface area contributed by atoms with Crippen LogP contribution in [-0.4, -0.2) is 43.8 Å². The van der Waals surface area contributed by atoms with Crippen molar-refractivity contribution in [3.05, 3.63) is 88.9 Å². The highest BCUT2D eigenvalue weighted by molar-refractivity contribution is 7.20. The predicted octanol–water partition coefficient (Wildman–Crippen LogP) is 4.28. The van der Waals surface area contributed by atoms with E-state index in [1.165, 1.54) is 17.4 Å². The second-order valence-corrected chi connectivity index (χ2v) is 9.28. The minimum Gasteiger partial charge on any atom is -0.470 e. The van der Waals surface area contributed by atoms with Gasteiger partial charge in [-0.15, -0.1) is 21.5 Å². The summed E-state index contributed by atoms with van der Waals surface area (Å²) in [7, 11) is 0. The van der Waals surface area contributed by atoms with Crippen LogP contribution >= 0.6 is 11.3 Å². The number of carbonyl (C=O) groups is 2. The SMILES string of the molecule is Cc1ccc(F)c(NC(=O)Nc2ccc(OC(Cc3nn[nH]n3)NC(=O)c3cc4ncccc4s3)cc2)c1. The molecule has 0 aliphatic carbocycles. The standard InChI is InChI=1S/C25H21FN8O3S/c1-14-4-9-17(26)18(11-14)29-25(36)28-15-5-7-16(8-6-15)37-23(13-22-31-33-34-32-22)30-24(35)21-12-19-20(38-21)3-2-10-27-19/h2-12,23H,13H2,1H3,(H,30,35)(H2,28,29,36)(H,31,32,33,34). The van der Waals surface area contributed by atoms with E-state index in [-0.39, 0.29) is 18.0 Å². The summed E-state index contributed by atoms with van der Waals surface area (Å²) in [5, 5.41) is 21.8. The maximum absolute atomic E-state index is 13.9. The summed E-state index contributed by atoms with van der Waals surface area (Å²) in [6.45, 7) is 1.80. The molecule has 0 radical (unpaired) electrons. The number of aromatic amines is 1. The second-order valence-electron chi connectivity index (χ2n) is 8.20. The van der Waals surface area contributed by atoms with Crippen LogP contribution in [0.15, 0.2) is 66.9 Å². The van der Waals surface area contributed by atoms with Crippen LogP contribution in [0.4, 0.5) is 20.6 Å². The van der Waals surface area contributed by atoms with E-state index in [1.54, 1.807) is 55.6 Å². The molecule has 2 aromatic carbocycles. The predicted molar refractivity (Wildman–Crippen MR) is 140 cm³/mol. The summed E-state index contributed by atoms with van der Waals surface area (Å²) in [4.78, 5) is 30.0. The van der Waals surface area contributed by atoms with Gasteiger partial charge in [-0.1, -0.05) is 11.3 Å². The number of rotatable bonds is 8. The smallest absolute Gasteiger partial charge is 0.323 e. The average molecular weight is 533 g/mol. The first kappa shape index (κ1) is 24.8. The van der Waals surface area contributed by atoms with Gasteiger partial charge in [0.25, 0.3) is 5.91 Å². The van der Waals surface area contributed by atoms with Gasteiger partial charge in [-0.05, 0) is 67.1 Å². The Morgan fingerprint density at radius 2 is 1.95 bits per heavy atom. The minimum atomic E-state index is -0.815. The number of hydrogen-bond acceptors (Lipinski definition) is 8. The molecular weight excluding hydrogens is 511 g/mol. The molecule has 0 spiro atoms. The fraction of sp³-hybridized carbons (Fsp3) is 0.120. The summed E-state index contributed by atoms with van der Waals surface area (Å²) in [5.41, 5.74) is 2.08. The van der Waals surface area contributed by atoms with Crippen LogP contribution in [0, 0.1) is 12.7 Å². The lowest BCUT2D eigenvalue weighted by Crippen LogP contribution is -2.40. The summed E-state index contributed by atoms with van der Waals surface area (Å²) < 4.78 is 20.8. The molecule has 192 valence electrons. The first-order valence-electron chi connectivity index (χ1n) is 11.4. The lowest BCUT2D eigenvalue weighted by Gasteiger charge is -2.19. The van der Waals surface area contributed by atoms with E-state index in [0.29, 0.717) is 22.1 Å². The normalized spacial score (nSPS) is 11.6. The Balaban J connectivity index is 1.24. The van der Waals surface area contributed by atoms with E-state index in [1.807, 2.05) is 12.1 Å². The molecule has 1 atom stereocenters. The topological polar surface area (TPSA) is 147 Å². The Kier molecular flexibility index (Phi) is 7.17. The minimum absolute atomic E-state index is 0.0805. The number of nitrogens with one attached hydrogen (secondary N) is 4. The summed E-state index contributed by atoms with van der Waals surface area (Å²) in [6, 6.07) is 15.8. The number of H-pyrrole nitrogens is 1. The fourth-order valence-corrected chi connectivity index (χ4v) is 4.48. The van der Waals surface area contributed by atoms with E-state index in [9.17, 15) is 14.0 Å². The highest BCUT2D eigenvalue weighted by Crippen LogP contribution is 2.24. The number of aryl methyl sites for hydroxylation is 1. The Hall–Kier alpha value is -4.91. The third kappa shape index (κ3) is 6.07. The van der Waals surface area contributed by atoms with Crippen LogP contribution in [0.2, 0.25) is 0 Å². The van der Waals surface area contributed by atoms with Crippen molar-refractivity contribution in [3.8, 4) is 5.75 Å². The van der Waals surface area contributed by atoms with Crippen LogP contribution in [-0.2, 0) is 6.42 Å². The molecule has 0 aliphatic rings. The fourth-order valence-electron chi connectivity index (χ4n) is 3.56. The highest BCUT2D eigenvalue weighted by atomic mass is 32.1. The van der Waals surface area contributed by atoms with Crippen molar-refractivity contribution in [2.45, 2.75) is 19.6 Å². The van der Waals surface area contributed by atoms with Crippen molar-refractivity contribution >= 4 is 44.9 Å². The summed E-state index contributed by atoms with van der Waals surface area (Å²) in [6.07, 6.45) is 1.00. The molecule has 0 saturated carbocycles. The molecule has 4 N–H and O–H groups in total. The monoisotopic (exact) mass is 532 g/mol. The molecule has 5 aromatic rings. The van der Waals surface area contributed by atoms with Gasteiger partial charge < -0.3 is 20.7 Å². The molecule has 38 heavy (non-hydrogen) atoms. The molecule has 3 heterocycles. The maximum atomic E-state index is 13.9. The number of urea groups is 1. The van der Waals surface area contributed by atoms with Crippen molar-refractivity contribution in [1.29, 1.82) is 0 Å². The molecule has 1 unspecified atom stereocenters. The number of thiophene rings is 1. The van der Waals surface area contributed by atoms with Crippen LogP contribution in [0.3, 0.4) is 0 Å². The quantitative estimate of drug-likeness (QED) is 0.218. The number of hydrogen-bond donors (Lipinski definition) is 4. The van der Waals surface area contributed by atoms with Crippen LogP contribution in [0.25, 0.3) is 10.2 Å². The zero-order valence-corrected chi connectivity index (χ0v) is 20.8. The number of tetrazole rings is 1. The van der Waals surface area contributed by atoms with Gasteiger partial charge in [-0.25, -0.2) is 9.18 Å². The molecule has 11 nitrogen and oxygen atoms in total. The largest absolute Gasteiger partial charge is 0.470 e. The Morgan fingerprint density at radius 3 is 2.71 bits per heavy atom. The molecular formula is C25H21FN8O3S. The van der Waals surface area contributed by atoms with Gasteiger partial charge in [0.05, 0.1) is 27.2 Å². The van der Waals surface area contributed by atoms with E-state index in [0.717, 1.165) is 15.8 Å². The number of nitrogens with zero attached hydrogens (tertiary/aromatic N) is 4. The number of fused-ring (bicyclic) bond motifs is 1.